The normalized spacial score (nSPS) is 13.8. The highest BCUT2D eigenvalue weighted by molar-refractivity contribution is 5.65. The molecule has 0 saturated heterocycles. The Balaban J connectivity index is 1.70. The molecule has 6 nitrogen and oxygen atoms in total. The second kappa shape index (κ2) is 5.55. The summed E-state index contributed by atoms with van der Waals surface area (Å²) in [6.45, 7) is 1.18. The van der Waals surface area contributed by atoms with Gasteiger partial charge in [-0.1, -0.05) is 5.16 Å². The van der Waals surface area contributed by atoms with Gasteiger partial charge >= 0.3 is 0 Å². The lowest BCUT2D eigenvalue weighted by molar-refractivity contribution is 0.378. The summed E-state index contributed by atoms with van der Waals surface area (Å²) in [5, 5.41) is 4.04. The van der Waals surface area contributed by atoms with Gasteiger partial charge in [-0.15, -0.1) is 0 Å². The van der Waals surface area contributed by atoms with Gasteiger partial charge in [-0.3, -0.25) is 0 Å². The van der Waals surface area contributed by atoms with Gasteiger partial charge in [-0.25, -0.2) is 18.7 Å². The maximum absolute atomic E-state index is 13.5. The van der Waals surface area contributed by atoms with Crippen molar-refractivity contribution < 1.29 is 13.3 Å². The summed E-state index contributed by atoms with van der Waals surface area (Å²) in [5.74, 6) is 0.0187. The lowest BCUT2D eigenvalue weighted by Crippen LogP contribution is -2.30. The Morgan fingerprint density at radius 2 is 2.00 bits per heavy atom. The minimum atomic E-state index is -0.916. The third-order valence-electron chi connectivity index (χ3n) is 4.02. The van der Waals surface area contributed by atoms with Crippen LogP contribution in [0.25, 0.3) is 11.3 Å². The summed E-state index contributed by atoms with van der Waals surface area (Å²) in [7, 11) is 0. The summed E-state index contributed by atoms with van der Waals surface area (Å²) >= 11 is 0. The van der Waals surface area contributed by atoms with E-state index in [4.69, 9.17) is 10.3 Å². The van der Waals surface area contributed by atoms with Gasteiger partial charge in [-0.2, -0.15) is 0 Å². The molecule has 3 heterocycles. The van der Waals surface area contributed by atoms with Crippen LogP contribution in [-0.4, -0.2) is 21.7 Å². The molecule has 0 aliphatic carbocycles. The molecular formula is C16H13F2N5O. The number of nitrogen functional groups attached to an aromatic ring is 1. The third-order valence-corrected chi connectivity index (χ3v) is 4.02. The van der Waals surface area contributed by atoms with Crippen LogP contribution < -0.4 is 10.6 Å². The highest BCUT2D eigenvalue weighted by Gasteiger charge is 2.26. The molecule has 0 spiro atoms. The Morgan fingerprint density at radius 3 is 2.79 bits per heavy atom. The average molecular weight is 329 g/mol. The van der Waals surface area contributed by atoms with Crippen LogP contribution in [0.5, 0.6) is 0 Å². The number of benzene rings is 1. The third kappa shape index (κ3) is 2.45. The fourth-order valence-corrected chi connectivity index (χ4v) is 2.81. The van der Waals surface area contributed by atoms with Crippen molar-refractivity contribution >= 4 is 11.6 Å². The van der Waals surface area contributed by atoms with Crippen LogP contribution in [0.1, 0.15) is 11.3 Å². The Bertz CT molecular complexity index is 911. The van der Waals surface area contributed by atoms with Gasteiger partial charge in [0.1, 0.15) is 29.4 Å². The number of aromatic nitrogens is 3. The van der Waals surface area contributed by atoms with E-state index in [1.807, 2.05) is 4.90 Å². The van der Waals surface area contributed by atoms with Crippen LogP contribution >= 0.6 is 0 Å². The van der Waals surface area contributed by atoms with Gasteiger partial charge in [-0.05, 0) is 18.2 Å². The average Bonchev–Trinajstić information content (AvgIpc) is 3.00. The van der Waals surface area contributed by atoms with Crippen molar-refractivity contribution in [3.05, 3.63) is 53.6 Å². The summed E-state index contributed by atoms with van der Waals surface area (Å²) < 4.78 is 32.0. The molecule has 1 aliphatic heterocycles. The van der Waals surface area contributed by atoms with Crippen LogP contribution in [0.3, 0.4) is 0 Å². The zero-order valence-electron chi connectivity index (χ0n) is 12.5. The van der Waals surface area contributed by atoms with Gasteiger partial charge in [0.2, 0.25) is 0 Å². The lowest BCUT2D eigenvalue weighted by atomic mass is 10.0. The molecule has 1 aromatic carbocycles. The molecule has 2 aromatic heterocycles. The number of hydrogen-bond donors (Lipinski definition) is 1. The number of rotatable bonds is 2. The minimum absolute atomic E-state index is 0.386. The Labute approximate surface area is 135 Å². The molecule has 24 heavy (non-hydrogen) atoms. The molecular weight excluding hydrogens is 316 g/mol. The summed E-state index contributed by atoms with van der Waals surface area (Å²) in [5.41, 5.74) is 7.53. The van der Waals surface area contributed by atoms with E-state index in [1.165, 1.54) is 12.4 Å². The molecule has 0 fully saturated rings. The molecule has 0 atom stereocenters. The number of nitrogens with zero attached hydrogens (tertiary/aromatic N) is 4. The largest absolute Gasteiger partial charge is 0.384 e. The first-order valence-electron chi connectivity index (χ1n) is 7.37. The predicted molar refractivity (Wildman–Crippen MR) is 83.1 cm³/mol. The van der Waals surface area contributed by atoms with Crippen LogP contribution in [0.4, 0.5) is 20.4 Å². The number of fused-ring (bicyclic) bond motifs is 1. The zero-order chi connectivity index (χ0) is 16.7. The number of halogens is 2. The molecule has 0 saturated carbocycles. The number of hydrogen-bond acceptors (Lipinski definition) is 6. The summed E-state index contributed by atoms with van der Waals surface area (Å²) in [6, 6.07) is 5.38. The predicted octanol–water partition coefficient (Wildman–Crippen LogP) is 2.55. The summed E-state index contributed by atoms with van der Waals surface area (Å²) in [4.78, 5) is 10.1. The molecule has 2 N–H and O–H groups in total. The first-order valence-corrected chi connectivity index (χ1v) is 7.37. The topological polar surface area (TPSA) is 81.1 Å². The first kappa shape index (κ1) is 14.6. The molecule has 0 bridgehead atoms. The van der Waals surface area contributed by atoms with Gasteiger partial charge in [0.25, 0.3) is 0 Å². The van der Waals surface area contributed by atoms with Crippen molar-refractivity contribution in [1.29, 1.82) is 0 Å². The highest BCUT2D eigenvalue weighted by Crippen LogP contribution is 2.32. The minimum Gasteiger partial charge on any atom is -0.384 e. The number of nitrogens with two attached hydrogens (primary N) is 1. The van der Waals surface area contributed by atoms with Crippen molar-refractivity contribution in [3.8, 4) is 11.3 Å². The quantitative estimate of drug-likeness (QED) is 0.778. The smallest absolute Gasteiger partial charge is 0.159 e. The Kier molecular flexibility index (Phi) is 3.37. The fraction of sp³-hybridized carbons (Fsp3) is 0.188. The highest BCUT2D eigenvalue weighted by atomic mass is 19.2. The summed E-state index contributed by atoms with van der Waals surface area (Å²) in [6.07, 6.45) is 2.04. The molecule has 4 rings (SSSR count). The van der Waals surface area contributed by atoms with Crippen molar-refractivity contribution in [2.45, 2.75) is 13.0 Å². The van der Waals surface area contributed by atoms with Crippen LogP contribution in [0, 0.1) is 11.6 Å². The van der Waals surface area contributed by atoms with Gasteiger partial charge in [0, 0.05) is 30.2 Å². The Morgan fingerprint density at radius 1 is 1.12 bits per heavy atom. The molecule has 8 heteroatoms. The van der Waals surface area contributed by atoms with E-state index >= 15 is 0 Å². The van der Waals surface area contributed by atoms with E-state index in [0.717, 1.165) is 23.5 Å². The number of anilines is 2. The van der Waals surface area contributed by atoms with Crippen molar-refractivity contribution in [1.82, 2.24) is 15.1 Å². The molecule has 0 amide bonds. The second-order valence-corrected chi connectivity index (χ2v) is 5.53. The van der Waals surface area contributed by atoms with Gasteiger partial charge < -0.3 is 15.2 Å². The maximum atomic E-state index is 13.5. The molecule has 3 aromatic rings. The van der Waals surface area contributed by atoms with Crippen molar-refractivity contribution in [2.75, 3.05) is 17.2 Å². The van der Waals surface area contributed by atoms with E-state index in [-0.39, 0.29) is 0 Å². The van der Waals surface area contributed by atoms with E-state index < -0.39 is 11.6 Å². The van der Waals surface area contributed by atoms with Crippen LogP contribution in [0.2, 0.25) is 0 Å². The SMILES string of the molecule is Nc1cc(N2CCc3onc(-c4ccc(F)c(F)c4)c3C2)ncn1. The first-order chi connectivity index (χ1) is 11.6. The molecule has 122 valence electrons. The van der Waals surface area contributed by atoms with Crippen molar-refractivity contribution in [2.24, 2.45) is 0 Å². The monoisotopic (exact) mass is 329 g/mol. The Hall–Kier alpha value is -3.03. The maximum Gasteiger partial charge on any atom is 0.159 e. The van der Waals surface area contributed by atoms with E-state index in [9.17, 15) is 8.78 Å². The standard InChI is InChI=1S/C16H13F2N5O/c17-11-2-1-9(5-12(11)18)16-10-7-23(4-3-13(10)24-22-16)15-6-14(19)20-8-21-15/h1-2,5-6,8H,3-4,7H2,(H2,19,20,21). The van der Waals surface area contributed by atoms with E-state index in [1.54, 1.807) is 6.07 Å². The molecule has 0 unspecified atom stereocenters. The van der Waals surface area contributed by atoms with Gasteiger partial charge in [0.15, 0.2) is 11.6 Å². The fourth-order valence-electron chi connectivity index (χ4n) is 2.81. The molecule has 1 aliphatic rings. The van der Waals surface area contributed by atoms with E-state index in [2.05, 4.69) is 15.1 Å². The van der Waals surface area contributed by atoms with Gasteiger partial charge in [0.05, 0.1) is 6.54 Å². The second-order valence-electron chi connectivity index (χ2n) is 5.53. The van der Waals surface area contributed by atoms with Crippen molar-refractivity contribution in [3.63, 3.8) is 0 Å². The van der Waals surface area contributed by atoms with Crippen LogP contribution in [-0.2, 0) is 13.0 Å². The molecule has 0 radical (unpaired) electrons. The van der Waals surface area contributed by atoms with E-state index in [0.29, 0.717) is 42.4 Å². The lowest BCUT2D eigenvalue weighted by Gasteiger charge is -2.27. The zero-order valence-corrected chi connectivity index (χ0v) is 12.5. The van der Waals surface area contributed by atoms with Crippen LogP contribution in [0.15, 0.2) is 35.1 Å².